The number of amides is 1. The number of carbonyl (C=O) groups is 1. The van der Waals surface area contributed by atoms with Crippen LogP contribution >= 0.6 is 12.2 Å². The number of rotatable bonds is 2. The molecular formula is C11H14N4OS. The van der Waals surface area contributed by atoms with Crippen molar-refractivity contribution in [2.75, 3.05) is 7.05 Å². The number of likely N-dealkylation sites (N-methyl/N-ethyl adjacent to an activating group) is 1. The van der Waals surface area contributed by atoms with Crippen molar-refractivity contribution in [3.05, 3.63) is 22.6 Å². The lowest BCUT2D eigenvalue weighted by atomic mass is 10.3. The number of nitrogens with one attached hydrogen (secondary N) is 2. The second kappa shape index (κ2) is 4.29. The van der Waals surface area contributed by atoms with E-state index < -0.39 is 0 Å². The fourth-order valence-corrected chi connectivity index (χ4v) is 2.16. The van der Waals surface area contributed by atoms with E-state index in [2.05, 4.69) is 15.3 Å². The highest BCUT2D eigenvalue weighted by Gasteiger charge is 2.17. The highest BCUT2D eigenvalue weighted by Crippen LogP contribution is 2.18. The monoisotopic (exact) mass is 250 g/mol. The summed E-state index contributed by atoms with van der Waals surface area (Å²) in [7, 11) is 1.61. The topological polar surface area (TPSA) is 62.7 Å². The lowest BCUT2D eigenvalue weighted by molar-refractivity contribution is -0.123. The molecule has 0 aliphatic heterocycles. The molecule has 0 aliphatic rings. The van der Waals surface area contributed by atoms with Crippen LogP contribution < -0.4 is 5.32 Å². The molecular weight excluding hydrogens is 236 g/mol. The van der Waals surface area contributed by atoms with Gasteiger partial charge in [-0.25, -0.2) is 4.98 Å². The summed E-state index contributed by atoms with van der Waals surface area (Å²) in [6, 6.07) is 1.59. The van der Waals surface area contributed by atoms with E-state index in [1.165, 1.54) is 0 Å². The molecule has 90 valence electrons. The third kappa shape index (κ3) is 1.95. The van der Waals surface area contributed by atoms with Crippen LogP contribution in [0, 0.1) is 11.7 Å². The largest absolute Gasteiger partial charge is 0.357 e. The van der Waals surface area contributed by atoms with Crippen LogP contribution in [0.2, 0.25) is 0 Å². The van der Waals surface area contributed by atoms with Gasteiger partial charge in [0.25, 0.3) is 0 Å². The van der Waals surface area contributed by atoms with Crippen molar-refractivity contribution >= 4 is 29.3 Å². The number of pyridine rings is 1. The standard InChI is InChI=1S/C11H14N4OS/c1-6-4-8-9(13-5-6)15(11(17)14-8)7(2)10(16)12-3/h4-5,7H,1-3H3,(H,12,16)(H,14,17). The summed E-state index contributed by atoms with van der Waals surface area (Å²) in [6.07, 6.45) is 1.76. The number of nitrogens with zero attached hydrogens (tertiary/aromatic N) is 2. The lowest BCUT2D eigenvalue weighted by Crippen LogP contribution is -2.27. The third-order valence-electron chi connectivity index (χ3n) is 2.71. The number of aromatic amines is 1. The third-order valence-corrected chi connectivity index (χ3v) is 3.00. The molecule has 2 heterocycles. The van der Waals surface area contributed by atoms with Gasteiger partial charge in [0.2, 0.25) is 5.91 Å². The van der Waals surface area contributed by atoms with Gasteiger partial charge < -0.3 is 10.3 Å². The molecule has 1 amide bonds. The molecule has 0 aromatic carbocycles. The van der Waals surface area contributed by atoms with Gasteiger partial charge in [0.05, 0.1) is 5.52 Å². The molecule has 2 aromatic heterocycles. The predicted molar refractivity (Wildman–Crippen MR) is 68.4 cm³/mol. The van der Waals surface area contributed by atoms with E-state index in [0.29, 0.717) is 10.4 Å². The van der Waals surface area contributed by atoms with Crippen molar-refractivity contribution in [3.8, 4) is 0 Å². The fraction of sp³-hybridized carbons (Fsp3) is 0.364. The Kier molecular flexibility index (Phi) is 2.97. The Labute approximate surface area is 104 Å². The predicted octanol–water partition coefficient (Wildman–Crippen LogP) is 1.71. The van der Waals surface area contributed by atoms with Gasteiger partial charge in [-0.3, -0.25) is 9.36 Å². The second-order valence-corrected chi connectivity index (χ2v) is 4.36. The molecule has 0 saturated heterocycles. The molecule has 0 bridgehead atoms. The maximum Gasteiger partial charge on any atom is 0.242 e. The number of hydrogen-bond acceptors (Lipinski definition) is 3. The second-order valence-electron chi connectivity index (χ2n) is 3.97. The summed E-state index contributed by atoms with van der Waals surface area (Å²) in [4.78, 5) is 19.0. The van der Waals surface area contributed by atoms with Crippen molar-refractivity contribution < 1.29 is 4.79 Å². The summed E-state index contributed by atoms with van der Waals surface area (Å²) in [6.45, 7) is 3.76. The Bertz CT molecular complexity index is 628. The van der Waals surface area contributed by atoms with Crippen molar-refractivity contribution in [1.29, 1.82) is 0 Å². The van der Waals surface area contributed by atoms with Crippen LogP contribution in [-0.2, 0) is 4.79 Å². The summed E-state index contributed by atoms with van der Waals surface area (Å²) in [5, 5.41) is 2.61. The van der Waals surface area contributed by atoms with Crippen LogP contribution in [0.5, 0.6) is 0 Å². The minimum Gasteiger partial charge on any atom is -0.357 e. The van der Waals surface area contributed by atoms with Gasteiger partial charge in [-0.1, -0.05) is 0 Å². The summed E-state index contributed by atoms with van der Waals surface area (Å²) in [5.41, 5.74) is 2.61. The molecule has 17 heavy (non-hydrogen) atoms. The van der Waals surface area contributed by atoms with Crippen molar-refractivity contribution in [2.45, 2.75) is 19.9 Å². The molecule has 1 atom stereocenters. The number of hydrogen-bond donors (Lipinski definition) is 2. The maximum atomic E-state index is 11.7. The molecule has 0 radical (unpaired) electrons. The lowest BCUT2D eigenvalue weighted by Gasteiger charge is -2.11. The molecule has 2 N–H and O–H groups in total. The molecule has 5 nitrogen and oxygen atoms in total. The van der Waals surface area contributed by atoms with Gasteiger partial charge >= 0.3 is 0 Å². The van der Waals surface area contributed by atoms with Gasteiger partial charge in [-0.2, -0.15) is 0 Å². The Balaban J connectivity index is 2.65. The first-order chi connectivity index (χ1) is 8.04. The molecule has 0 spiro atoms. The quantitative estimate of drug-likeness (QED) is 0.798. The first-order valence-corrected chi connectivity index (χ1v) is 5.74. The van der Waals surface area contributed by atoms with E-state index in [0.717, 1.165) is 11.1 Å². The number of H-pyrrole nitrogens is 1. The van der Waals surface area contributed by atoms with Gasteiger partial charge in [-0.05, 0) is 37.7 Å². The zero-order valence-electron chi connectivity index (χ0n) is 9.94. The van der Waals surface area contributed by atoms with Crippen molar-refractivity contribution in [3.63, 3.8) is 0 Å². The van der Waals surface area contributed by atoms with E-state index >= 15 is 0 Å². The van der Waals surface area contributed by atoms with E-state index in [1.807, 2.05) is 13.0 Å². The zero-order chi connectivity index (χ0) is 12.6. The van der Waals surface area contributed by atoms with Crippen molar-refractivity contribution in [1.82, 2.24) is 19.9 Å². The molecule has 0 aliphatic carbocycles. The number of aryl methyl sites for hydroxylation is 1. The highest BCUT2D eigenvalue weighted by atomic mass is 32.1. The van der Waals surface area contributed by atoms with Gasteiger partial charge in [-0.15, -0.1) is 0 Å². The van der Waals surface area contributed by atoms with Crippen LogP contribution in [0.15, 0.2) is 12.3 Å². The molecule has 0 fully saturated rings. The maximum absolute atomic E-state index is 11.7. The van der Waals surface area contributed by atoms with Crippen LogP contribution in [0.3, 0.4) is 0 Å². The first kappa shape index (κ1) is 11.8. The number of fused-ring (bicyclic) bond motifs is 1. The minimum atomic E-state index is -0.378. The van der Waals surface area contributed by atoms with Crippen LogP contribution in [0.4, 0.5) is 0 Å². The SMILES string of the molecule is CNC(=O)C(C)n1c(=S)[nH]c2cc(C)cnc21. The van der Waals surface area contributed by atoms with Crippen molar-refractivity contribution in [2.24, 2.45) is 0 Å². The molecule has 1 unspecified atom stereocenters. The average molecular weight is 250 g/mol. The van der Waals surface area contributed by atoms with Crippen LogP contribution in [-0.4, -0.2) is 27.5 Å². The number of imidazole rings is 1. The summed E-state index contributed by atoms with van der Waals surface area (Å²) >= 11 is 5.23. The van der Waals surface area contributed by atoms with E-state index in [4.69, 9.17) is 12.2 Å². The van der Waals surface area contributed by atoms with Gasteiger partial charge in [0, 0.05) is 13.2 Å². The number of aromatic nitrogens is 3. The van der Waals surface area contributed by atoms with E-state index in [-0.39, 0.29) is 11.9 Å². The molecule has 6 heteroatoms. The van der Waals surface area contributed by atoms with Gasteiger partial charge in [0.15, 0.2) is 10.4 Å². The Morgan fingerprint density at radius 1 is 1.65 bits per heavy atom. The molecule has 2 rings (SSSR count). The average Bonchev–Trinajstić information content (AvgIpc) is 2.62. The highest BCUT2D eigenvalue weighted by molar-refractivity contribution is 7.71. The molecule has 0 saturated carbocycles. The Hall–Kier alpha value is -1.69. The normalized spacial score (nSPS) is 12.6. The summed E-state index contributed by atoms with van der Waals surface area (Å²) in [5.74, 6) is -0.0932. The Morgan fingerprint density at radius 3 is 3.00 bits per heavy atom. The number of carbonyl (C=O) groups excluding carboxylic acids is 1. The first-order valence-electron chi connectivity index (χ1n) is 5.33. The zero-order valence-corrected chi connectivity index (χ0v) is 10.8. The minimum absolute atomic E-state index is 0.0932. The Morgan fingerprint density at radius 2 is 2.35 bits per heavy atom. The fourth-order valence-electron chi connectivity index (χ4n) is 1.80. The molecule has 2 aromatic rings. The van der Waals surface area contributed by atoms with Crippen LogP contribution in [0.25, 0.3) is 11.2 Å². The van der Waals surface area contributed by atoms with Crippen LogP contribution in [0.1, 0.15) is 18.5 Å². The van der Waals surface area contributed by atoms with E-state index in [1.54, 1.807) is 24.7 Å². The smallest absolute Gasteiger partial charge is 0.242 e. The van der Waals surface area contributed by atoms with Gasteiger partial charge in [0.1, 0.15) is 6.04 Å². The van der Waals surface area contributed by atoms with E-state index in [9.17, 15) is 4.79 Å². The summed E-state index contributed by atoms with van der Waals surface area (Å²) < 4.78 is 2.23.